The van der Waals surface area contributed by atoms with E-state index in [4.69, 9.17) is 9.47 Å². The number of hydrogen-bond donors (Lipinski definition) is 1. The number of nitrogens with one attached hydrogen (secondary N) is 1. The quantitative estimate of drug-likeness (QED) is 0.943. The summed E-state index contributed by atoms with van der Waals surface area (Å²) in [6.07, 6.45) is 0.871. The van der Waals surface area contributed by atoms with Crippen LogP contribution in [0.2, 0.25) is 0 Å². The summed E-state index contributed by atoms with van der Waals surface area (Å²) in [7, 11) is -3.60. The maximum absolute atomic E-state index is 12.3. The van der Waals surface area contributed by atoms with Crippen LogP contribution < -0.4 is 14.2 Å². The van der Waals surface area contributed by atoms with Crippen LogP contribution in [0.3, 0.4) is 0 Å². The van der Waals surface area contributed by atoms with Gasteiger partial charge in [-0.15, -0.1) is 0 Å². The first-order valence-corrected chi connectivity index (χ1v) is 8.08. The third kappa shape index (κ3) is 2.80. The molecule has 0 saturated carbocycles. The third-order valence-corrected chi connectivity index (χ3v) is 4.66. The van der Waals surface area contributed by atoms with Crippen molar-refractivity contribution in [2.24, 2.45) is 0 Å². The van der Waals surface area contributed by atoms with E-state index < -0.39 is 10.0 Å². The van der Waals surface area contributed by atoms with Gasteiger partial charge in [0.2, 0.25) is 6.79 Å². The summed E-state index contributed by atoms with van der Waals surface area (Å²) in [6, 6.07) is 11.8. The Kier molecular flexibility index (Phi) is 3.47. The Balaban J connectivity index is 1.85. The second kappa shape index (κ2) is 5.29. The Morgan fingerprint density at radius 1 is 1.05 bits per heavy atom. The van der Waals surface area contributed by atoms with Gasteiger partial charge in [-0.2, -0.15) is 0 Å². The zero-order valence-corrected chi connectivity index (χ0v) is 12.3. The van der Waals surface area contributed by atoms with Gasteiger partial charge in [0.1, 0.15) is 0 Å². The predicted octanol–water partition coefficient (Wildman–Crippen LogP) is 2.78. The van der Waals surface area contributed by atoms with Crippen LogP contribution >= 0.6 is 0 Å². The number of rotatable bonds is 4. The van der Waals surface area contributed by atoms with Crippen molar-refractivity contribution in [2.75, 3.05) is 11.5 Å². The Hall–Kier alpha value is -2.21. The lowest BCUT2D eigenvalue weighted by Crippen LogP contribution is -2.12. The highest BCUT2D eigenvalue weighted by molar-refractivity contribution is 7.92. The molecule has 0 saturated heterocycles. The molecule has 21 heavy (non-hydrogen) atoms. The number of fused-ring (bicyclic) bond motifs is 1. The van der Waals surface area contributed by atoms with Crippen molar-refractivity contribution < 1.29 is 17.9 Å². The lowest BCUT2D eigenvalue weighted by molar-refractivity contribution is 0.174. The van der Waals surface area contributed by atoms with Crippen LogP contribution in [0.4, 0.5) is 5.69 Å². The monoisotopic (exact) mass is 305 g/mol. The van der Waals surface area contributed by atoms with E-state index in [0.717, 1.165) is 12.0 Å². The zero-order valence-electron chi connectivity index (χ0n) is 11.5. The van der Waals surface area contributed by atoms with Gasteiger partial charge >= 0.3 is 0 Å². The molecule has 2 aromatic carbocycles. The fraction of sp³-hybridized carbons (Fsp3) is 0.200. The van der Waals surface area contributed by atoms with Crippen LogP contribution in [-0.2, 0) is 16.4 Å². The van der Waals surface area contributed by atoms with Gasteiger partial charge in [-0.05, 0) is 36.2 Å². The molecule has 1 aliphatic rings. The first-order chi connectivity index (χ1) is 10.1. The maximum Gasteiger partial charge on any atom is 0.261 e. The van der Waals surface area contributed by atoms with Gasteiger partial charge in [0.05, 0.1) is 10.6 Å². The fourth-order valence-electron chi connectivity index (χ4n) is 2.08. The van der Waals surface area contributed by atoms with Gasteiger partial charge in [0.25, 0.3) is 10.0 Å². The minimum atomic E-state index is -3.60. The average molecular weight is 305 g/mol. The van der Waals surface area contributed by atoms with Gasteiger partial charge in [-0.25, -0.2) is 8.42 Å². The van der Waals surface area contributed by atoms with Gasteiger partial charge in [-0.1, -0.05) is 19.1 Å². The van der Waals surface area contributed by atoms with Gasteiger partial charge in [0.15, 0.2) is 11.5 Å². The number of ether oxygens (including phenoxy) is 2. The predicted molar refractivity (Wildman–Crippen MR) is 79.2 cm³/mol. The van der Waals surface area contributed by atoms with E-state index in [1.54, 1.807) is 30.3 Å². The minimum absolute atomic E-state index is 0.157. The molecular weight excluding hydrogens is 290 g/mol. The second-order valence-electron chi connectivity index (χ2n) is 4.67. The average Bonchev–Trinajstić information content (AvgIpc) is 2.94. The number of benzene rings is 2. The van der Waals surface area contributed by atoms with Gasteiger partial charge in [-0.3, -0.25) is 4.72 Å². The van der Waals surface area contributed by atoms with Crippen LogP contribution in [0.25, 0.3) is 0 Å². The molecule has 0 radical (unpaired) electrons. The van der Waals surface area contributed by atoms with Crippen molar-refractivity contribution in [3.05, 3.63) is 48.0 Å². The maximum atomic E-state index is 12.3. The summed E-state index contributed by atoms with van der Waals surface area (Å²) in [5.74, 6) is 1.15. The van der Waals surface area contributed by atoms with Gasteiger partial charge < -0.3 is 9.47 Å². The van der Waals surface area contributed by atoms with Crippen LogP contribution in [0.5, 0.6) is 11.5 Å². The molecule has 0 fully saturated rings. The van der Waals surface area contributed by atoms with Crippen LogP contribution in [0, 0.1) is 0 Å². The molecule has 0 bridgehead atoms. The SMILES string of the molecule is CCc1ccc(S(=O)(=O)Nc2ccc3c(c2)OCO3)cc1. The molecule has 0 aliphatic carbocycles. The summed E-state index contributed by atoms with van der Waals surface area (Å²) in [4.78, 5) is 0.234. The summed E-state index contributed by atoms with van der Waals surface area (Å²) in [6.45, 7) is 2.18. The number of hydrogen-bond acceptors (Lipinski definition) is 4. The van der Waals surface area contributed by atoms with Crippen molar-refractivity contribution >= 4 is 15.7 Å². The lowest BCUT2D eigenvalue weighted by Gasteiger charge is -2.09. The largest absolute Gasteiger partial charge is 0.454 e. The Labute approximate surface area is 123 Å². The summed E-state index contributed by atoms with van der Waals surface area (Å²) in [5.41, 5.74) is 1.54. The van der Waals surface area contributed by atoms with Gasteiger partial charge in [0, 0.05) is 6.07 Å². The van der Waals surface area contributed by atoms with E-state index in [1.165, 1.54) is 0 Å². The number of anilines is 1. The van der Waals surface area contributed by atoms with Crippen molar-refractivity contribution in [1.29, 1.82) is 0 Å². The van der Waals surface area contributed by atoms with Crippen molar-refractivity contribution in [3.8, 4) is 11.5 Å². The molecule has 0 amide bonds. The molecule has 0 atom stereocenters. The van der Waals surface area contributed by atoms with E-state index in [2.05, 4.69) is 4.72 Å². The Morgan fingerprint density at radius 2 is 1.76 bits per heavy atom. The fourth-order valence-corrected chi connectivity index (χ4v) is 3.13. The molecule has 1 N–H and O–H groups in total. The van der Waals surface area contributed by atoms with E-state index in [1.807, 2.05) is 19.1 Å². The lowest BCUT2D eigenvalue weighted by atomic mass is 10.2. The molecule has 3 rings (SSSR count). The molecule has 1 heterocycles. The highest BCUT2D eigenvalue weighted by Crippen LogP contribution is 2.34. The molecular formula is C15H15NO4S. The highest BCUT2D eigenvalue weighted by atomic mass is 32.2. The smallest absolute Gasteiger partial charge is 0.261 e. The van der Waals surface area contributed by atoms with Crippen molar-refractivity contribution in [2.45, 2.75) is 18.2 Å². The molecule has 2 aromatic rings. The molecule has 0 unspecified atom stereocenters. The molecule has 5 nitrogen and oxygen atoms in total. The summed E-state index contributed by atoms with van der Waals surface area (Å²) >= 11 is 0. The summed E-state index contributed by atoms with van der Waals surface area (Å²) in [5, 5.41) is 0. The van der Waals surface area contributed by atoms with Crippen LogP contribution in [-0.4, -0.2) is 15.2 Å². The molecule has 0 spiro atoms. The zero-order chi connectivity index (χ0) is 14.9. The van der Waals surface area contributed by atoms with E-state index in [9.17, 15) is 8.42 Å². The normalized spacial score (nSPS) is 13.2. The van der Waals surface area contributed by atoms with Crippen LogP contribution in [0.15, 0.2) is 47.4 Å². The minimum Gasteiger partial charge on any atom is -0.454 e. The number of sulfonamides is 1. The van der Waals surface area contributed by atoms with Crippen molar-refractivity contribution in [3.63, 3.8) is 0 Å². The van der Waals surface area contributed by atoms with Crippen molar-refractivity contribution in [1.82, 2.24) is 0 Å². The first-order valence-electron chi connectivity index (χ1n) is 6.60. The first kappa shape index (κ1) is 13.8. The summed E-state index contributed by atoms with van der Waals surface area (Å²) < 4.78 is 37.6. The Morgan fingerprint density at radius 3 is 2.48 bits per heavy atom. The number of aryl methyl sites for hydroxylation is 1. The third-order valence-electron chi connectivity index (χ3n) is 3.27. The molecule has 110 valence electrons. The van der Waals surface area contributed by atoms with E-state index >= 15 is 0 Å². The highest BCUT2D eigenvalue weighted by Gasteiger charge is 2.17. The molecule has 6 heteroatoms. The van der Waals surface area contributed by atoms with E-state index in [-0.39, 0.29) is 11.7 Å². The second-order valence-corrected chi connectivity index (χ2v) is 6.35. The topological polar surface area (TPSA) is 64.6 Å². The molecule has 0 aromatic heterocycles. The molecule has 1 aliphatic heterocycles. The Bertz CT molecular complexity index is 754. The standard InChI is InChI=1S/C15H15NO4S/c1-2-11-3-6-13(7-4-11)21(17,18)16-12-5-8-14-15(9-12)20-10-19-14/h3-9,16H,2,10H2,1H3. The van der Waals surface area contributed by atoms with Crippen LogP contribution in [0.1, 0.15) is 12.5 Å². The van der Waals surface area contributed by atoms with E-state index in [0.29, 0.717) is 17.2 Å².